The van der Waals surface area contributed by atoms with Crippen molar-refractivity contribution in [1.82, 2.24) is 15.0 Å². The topological polar surface area (TPSA) is 77.0 Å². The molecule has 0 fully saturated rings. The van der Waals surface area contributed by atoms with Crippen LogP contribution in [0.3, 0.4) is 0 Å². The van der Waals surface area contributed by atoms with Gasteiger partial charge in [0.05, 0.1) is 28.0 Å². The van der Waals surface area contributed by atoms with Gasteiger partial charge in [0.15, 0.2) is 5.13 Å². The van der Waals surface area contributed by atoms with Crippen LogP contribution >= 0.6 is 23.1 Å². The highest BCUT2D eigenvalue weighted by molar-refractivity contribution is 7.99. The van der Waals surface area contributed by atoms with Crippen LogP contribution in [-0.2, 0) is 4.79 Å². The number of ether oxygens (including phenoxy) is 1. The molecule has 0 spiro atoms. The average Bonchev–Trinajstić information content (AvgIpc) is 3.15. The number of nitrogens with zero attached hydrogens (tertiary/aromatic N) is 3. The van der Waals surface area contributed by atoms with Gasteiger partial charge >= 0.3 is 0 Å². The molecule has 29 heavy (non-hydrogen) atoms. The Labute approximate surface area is 176 Å². The van der Waals surface area contributed by atoms with E-state index in [9.17, 15) is 4.79 Å². The minimum Gasteiger partial charge on any atom is -0.497 e. The summed E-state index contributed by atoms with van der Waals surface area (Å²) in [6.45, 7) is 0. The molecule has 2 aromatic heterocycles. The summed E-state index contributed by atoms with van der Waals surface area (Å²) in [7, 11) is 1.63. The number of carbonyl (C=O) groups is 1. The van der Waals surface area contributed by atoms with Crippen molar-refractivity contribution in [3.05, 3.63) is 60.9 Å². The smallest absolute Gasteiger partial charge is 0.226 e. The zero-order chi connectivity index (χ0) is 20.1. The molecule has 0 radical (unpaired) electrons. The number of amides is 1. The molecule has 1 amide bonds. The van der Waals surface area contributed by atoms with Crippen LogP contribution in [0.15, 0.2) is 66.0 Å². The van der Waals surface area contributed by atoms with Gasteiger partial charge in [0.25, 0.3) is 0 Å². The summed E-state index contributed by atoms with van der Waals surface area (Å²) in [5, 5.41) is 4.31. The lowest BCUT2D eigenvalue weighted by Gasteiger charge is -2.04. The Balaban J connectivity index is 1.32. The standard InChI is InChI=1S/C21H18N4O2S2/c1-27-15-7-8-16-18(11-15)29-21(24-16)25-19(26)9-10-28-20-12-17(22-13-23-20)14-5-3-2-4-6-14/h2-8,11-13H,9-10H2,1H3,(H,24,25,26). The van der Waals surface area contributed by atoms with E-state index in [0.29, 0.717) is 17.3 Å². The fraction of sp³-hybridized carbons (Fsp3) is 0.143. The van der Waals surface area contributed by atoms with Crippen molar-refractivity contribution in [2.75, 3.05) is 18.2 Å². The Bertz CT molecular complexity index is 1130. The van der Waals surface area contributed by atoms with Gasteiger partial charge in [-0.3, -0.25) is 4.79 Å². The largest absolute Gasteiger partial charge is 0.497 e. The number of benzene rings is 2. The molecule has 1 N–H and O–H groups in total. The average molecular weight is 423 g/mol. The van der Waals surface area contributed by atoms with Crippen LogP contribution in [0.5, 0.6) is 5.75 Å². The van der Waals surface area contributed by atoms with Crippen LogP contribution in [0.1, 0.15) is 6.42 Å². The lowest BCUT2D eigenvalue weighted by atomic mass is 10.1. The van der Waals surface area contributed by atoms with Gasteiger partial charge < -0.3 is 10.1 Å². The lowest BCUT2D eigenvalue weighted by molar-refractivity contribution is -0.115. The number of carbonyl (C=O) groups excluding carboxylic acids is 1. The molecule has 4 rings (SSSR count). The fourth-order valence-corrected chi connectivity index (χ4v) is 4.42. The summed E-state index contributed by atoms with van der Waals surface area (Å²) in [6.07, 6.45) is 1.93. The Morgan fingerprint density at radius 3 is 2.83 bits per heavy atom. The van der Waals surface area contributed by atoms with E-state index in [1.807, 2.05) is 54.6 Å². The quantitative estimate of drug-likeness (QED) is 0.338. The van der Waals surface area contributed by atoms with Crippen molar-refractivity contribution >= 4 is 44.4 Å². The van der Waals surface area contributed by atoms with E-state index in [-0.39, 0.29) is 5.91 Å². The van der Waals surface area contributed by atoms with E-state index < -0.39 is 0 Å². The summed E-state index contributed by atoms with van der Waals surface area (Å²) < 4.78 is 6.20. The number of fused-ring (bicyclic) bond motifs is 1. The van der Waals surface area contributed by atoms with E-state index in [1.165, 1.54) is 23.1 Å². The van der Waals surface area contributed by atoms with Gasteiger partial charge in [0.1, 0.15) is 12.1 Å². The van der Waals surface area contributed by atoms with Gasteiger partial charge in [0.2, 0.25) is 5.91 Å². The number of hydrogen-bond donors (Lipinski definition) is 1. The van der Waals surface area contributed by atoms with E-state index >= 15 is 0 Å². The van der Waals surface area contributed by atoms with Gasteiger partial charge in [-0.1, -0.05) is 41.7 Å². The van der Waals surface area contributed by atoms with Crippen LogP contribution < -0.4 is 10.1 Å². The van der Waals surface area contributed by atoms with E-state index in [1.54, 1.807) is 13.4 Å². The maximum Gasteiger partial charge on any atom is 0.226 e. The minimum atomic E-state index is -0.0686. The second-order valence-electron chi connectivity index (χ2n) is 6.11. The molecule has 2 heterocycles. The first-order valence-corrected chi connectivity index (χ1v) is 10.8. The molecule has 0 saturated heterocycles. The number of aromatic nitrogens is 3. The van der Waals surface area contributed by atoms with Gasteiger partial charge in [-0.15, -0.1) is 11.8 Å². The summed E-state index contributed by atoms with van der Waals surface area (Å²) in [6, 6.07) is 17.6. The maximum atomic E-state index is 12.3. The third kappa shape index (κ3) is 4.90. The van der Waals surface area contributed by atoms with Gasteiger partial charge in [-0.05, 0) is 24.3 Å². The molecule has 146 valence electrons. The van der Waals surface area contributed by atoms with Gasteiger partial charge in [-0.25, -0.2) is 15.0 Å². The first-order valence-electron chi connectivity index (χ1n) is 8.96. The van der Waals surface area contributed by atoms with Crippen molar-refractivity contribution in [3.8, 4) is 17.0 Å². The Hall–Kier alpha value is -2.97. The van der Waals surface area contributed by atoms with Gasteiger partial charge in [0, 0.05) is 17.7 Å². The molecule has 0 aliphatic carbocycles. The molecule has 8 heteroatoms. The second kappa shape index (κ2) is 9.02. The molecule has 0 unspecified atom stereocenters. The fourth-order valence-electron chi connectivity index (χ4n) is 2.70. The van der Waals surface area contributed by atoms with E-state index in [2.05, 4.69) is 20.3 Å². The van der Waals surface area contributed by atoms with Crippen molar-refractivity contribution in [3.63, 3.8) is 0 Å². The first kappa shape index (κ1) is 19.4. The normalized spacial score (nSPS) is 10.8. The summed E-state index contributed by atoms with van der Waals surface area (Å²) in [5.74, 6) is 1.33. The zero-order valence-electron chi connectivity index (χ0n) is 15.7. The number of rotatable bonds is 7. The van der Waals surface area contributed by atoms with E-state index in [4.69, 9.17) is 4.74 Å². The van der Waals surface area contributed by atoms with Crippen LogP contribution in [0.2, 0.25) is 0 Å². The Kier molecular flexibility index (Phi) is 6.02. The number of anilines is 1. The number of hydrogen-bond acceptors (Lipinski definition) is 7. The molecule has 0 saturated carbocycles. The van der Waals surface area contributed by atoms with Crippen molar-refractivity contribution in [2.45, 2.75) is 11.4 Å². The van der Waals surface area contributed by atoms with Crippen molar-refractivity contribution in [1.29, 1.82) is 0 Å². The minimum absolute atomic E-state index is 0.0686. The summed E-state index contributed by atoms with van der Waals surface area (Å²) in [5.41, 5.74) is 2.76. The monoisotopic (exact) mass is 422 g/mol. The SMILES string of the molecule is COc1ccc2nc(NC(=O)CCSc3cc(-c4ccccc4)ncn3)sc2c1. The van der Waals surface area contributed by atoms with Crippen LogP contribution in [0.25, 0.3) is 21.5 Å². The maximum absolute atomic E-state index is 12.3. The molecule has 0 aliphatic heterocycles. The lowest BCUT2D eigenvalue weighted by Crippen LogP contribution is -2.11. The highest BCUT2D eigenvalue weighted by Gasteiger charge is 2.09. The molecule has 0 aliphatic rings. The van der Waals surface area contributed by atoms with Crippen LogP contribution in [0, 0.1) is 0 Å². The summed E-state index contributed by atoms with van der Waals surface area (Å²) >= 11 is 2.97. The highest BCUT2D eigenvalue weighted by Crippen LogP contribution is 2.29. The molecular weight excluding hydrogens is 404 g/mol. The molecule has 0 atom stereocenters. The van der Waals surface area contributed by atoms with Crippen LogP contribution in [0.4, 0.5) is 5.13 Å². The Morgan fingerprint density at radius 1 is 1.14 bits per heavy atom. The predicted molar refractivity (Wildman–Crippen MR) is 118 cm³/mol. The Morgan fingerprint density at radius 2 is 2.00 bits per heavy atom. The second-order valence-corrected chi connectivity index (χ2v) is 8.25. The zero-order valence-corrected chi connectivity index (χ0v) is 17.3. The van der Waals surface area contributed by atoms with Gasteiger partial charge in [-0.2, -0.15) is 0 Å². The number of methoxy groups -OCH3 is 1. The number of thiazole rings is 1. The molecule has 4 aromatic rings. The van der Waals surface area contributed by atoms with Crippen LogP contribution in [-0.4, -0.2) is 33.7 Å². The van der Waals surface area contributed by atoms with E-state index in [0.717, 1.165) is 32.2 Å². The molecule has 2 aromatic carbocycles. The predicted octanol–water partition coefficient (Wildman–Crippen LogP) is 4.88. The third-order valence-electron chi connectivity index (χ3n) is 4.13. The third-order valence-corrected chi connectivity index (χ3v) is 5.99. The molecular formula is C21H18N4O2S2. The summed E-state index contributed by atoms with van der Waals surface area (Å²) in [4.78, 5) is 25.3. The number of nitrogens with one attached hydrogen (secondary N) is 1. The van der Waals surface area contributed by atoms with Crippen molar-refractivity contribution in [2.24, 2.45) is 0 Å². The molecule has 0 bridgehead atoms. The number of thioether (sulfide) groups is 1. The molecule has 6 nitrogen and oxygen atoms in total. The first-order chi connectivity index (χ1) is 14.2. The van der Waals surface area contributed by atoms with Crippen molar-refractivity contribution < 1.29 is 9.53 Å². The highest BCUT2D eigenvalue weighted by atomic mass is 32.2.